The molecule has 0 aliphatic heterocycles. The van der Waals surface area contributed by atoms with Gasteiger partial charge in [-0.15, -0.1) is 0 Å². The molecule has 0 aliphatic carbocycles. The highest BCUT2D eigenvalue weighted by Gasteiger charge is 2.25. The summed E-state index contributed by atoms with van der Waals surface area (Å²) in [5.41, 5.74) is 1.11. The summed E-state index contributed by atoms with van der Waals surface area (Å²) in [6.45, 7) is 2.35. The smallest absolute Gasteiger partial charge is 0.276 e. The van der Waals surface area contributed by atoms with Crippen LogP contribution in [-0.2, 0) is 13.1 Å². The van der Waals surface area contributed by atoms with Gasteiger partial charge in [-0.25, -0.2) is 4.98 Å². The summed E-state index contributed by atoms with van der Waals surface area (Å²) in [6, 6.07) is 16.7. The van der Waals surface area contributed by atoms with E-state index in [2.05, 4.69) is 4.98 Å². The molecule has 136 valence electrons. The van der Waals surface area contributed by atoms with Gasteiger partial charge in [0.25, 0.3) is 5.91 Å². The minimum atomic E-state index is -0.244. The first-order valence-corrected chi connectivity index (χ1v) is 8.57. The van der Waals surface area contributed by atoms with E-state index in [1.54, 1.807) is 36.5 Å². The fourth-order valence-electron chi connectivity index (χ4n) is 2.83. The third-order valence-corrected chi connectivity index (χ3v) is 4.16. The molecule has 6 nitrogen and oxygen atoms in total. The lowest BCUT2D eigenvalue weighted by molar-refractivity contribution is 0.0697. The van der Waals surface area contributed by atoms with Crippen LogP contribution in [0.1, 0.15) is 27.8 Å². The Morgan fingerprint density at radius 2 is 1.56 bits per heavy atom. The van der Waals surface area contributed by atoms with Crippen molar-refractivity contribution in [2.24, 2.45) is 0 Å². The number of nitrogens with zero attached hydrogens (tertiary/aromatic N) is 2. The summed E-state index contributed by atoms with van der Waals surface area (Å²) in [7, 11) is 0. The number of rotatable bonds is 6. The van der Waals surface area contributed by atoms with Crippen LogP contribution in [0, 0.1) is 6.92 Å². The summed E-state index contributed by atoms with van der Waals surface area (Å²) in [5, 5.41) is 0. The number of carbonyl (C=O) groups excluding carboxylic acids is 1. The van der Waals surface area contributed by atoms with Crippen molar-refractivity contribution < 1.29 is 18.0 Å². The lowest BCUT2D eigenvalue weighted by Crippen LogP contribution is -2.30. The molecule has 0 fully saturated rings. The molecule has 0 unspecified atom stereocenters. The number of oxazole rings is 1. The molecule has 0 atom stereocenters. The first kappa shape index (κ1) is 16.9. The summed E-state index contributed by atoms with van der Waals surface area (Å²) >= 11 is 0. The van der Waals surface area contributed by atoms with E-state index in [0.717, 1.165) is 5.56 Å². The van der Waals surface area contributed by atoms with E-state index >= 15 is 0 Å². The number of aryl methyl sites for hydroxylation is 1. The van der Waals surface area contributed by atoms with E-state index in [0.29, 0.717) is 36.3 Å². The molecule has 0 bridgehead atoms. The van der Waals surface area contributed by atoms with Gasteiger partial charge in [0, 0.05) is 5.56 Å². The van der Waals surface area contributed by atoms with Crippen molar-refractivity contribution in [3.8, 4) is 11.5 Å². The van der Waals surface area contributed by atoms with Gasteiger partial charge in [-0.05, 0) is 43.3 Å². The van der Waals surface area contributed by atoms with Crippen LogP contribution in [0.25, 0.3) is 11.5 Å². The zero-order chi connectivity index (χ0) is 18.6. The molecule has 1 amide bonds. The van der Waals surface area contributed by atoms with Crippen LogP contribution in [0.15, 0.2) is 80.4 Å². The molecule has 3 aromatic heterocycles. The van der Waals surface area contributed by atoms with Gasteiger partial charge in [0.05, 0.1) is 25.6 Å². The highest BCUT2D eigenvalue weighted by atomic mass is 16.4. The lowest BCUT2D eigenvalue weighted by Gasteiger charge is -2.19. The second-order valence-electron chi connectivity index (χ2n) is 6.11. The monoisotopic (exact) mass is 362 g/mol. The Labute approximate surface area is 156 Å². The van der Waals surface area contributed by atoms with E-state index < -0.39 is 0 Å². The fourth-order valence-corrected chi connectivity index (χ4v) is 2.83. The number of benzene rings is 1. The molecule has 4 aromatic rings. The van der Waals surface area contributed by atoms with Crippen LogP contribution in [0.4, 0.5) is 0 Å². The number of hydrogen-bond acceptors (Lipinski definition) is 5. The predicted octanol–water partition coefficient (Wildman–Crippen LogP) is 4.68. The predicted molar refractivity (Wildman–Crippen MR) is 97.7 cm³/mol. The highest BCUT2D eigenvalue weighted by molar-refractivity contribution is 5.93. The van der Waals surface area contributed by atoms with Crippen LogP contribution in [0.2, 0.25) is 0 Å². The molecule has 0 spiro atoms. The molecule has 0 saturated carbocycles. The zero-order valence-electron chi connectivity index (χ0n) is 14.8. The van der Waals surface area contributed by atoms with E-state index in [4.69, 9.17) is 13.3 Å². The number of amides is 1. The minimum absolute atomic E-state index is 0.244. The molecule has 0 saturated heterocycles. The molecule has 0 aliphatic rings. The topological polar surface area (TPSA) is 72.6 Å². The molecule has 0 radical (unpaired) electrons. The Balaban J connectivity index is 1.63. The van der Waals surface area contributed by atoms with Gasteiger partial charge in [-0.2, -0.15) is 0 Å². The molecular formula is C21H18N2O4. The van der Waals surface area contributed by atoms with Crippen molar-refractivity contribution in [3.63, 3.8) is 0 Å². The largest absolute Gasteiger partial charge is 0.467 e. The molecule has 27 heavy (non-hydrogen) atoms. The van der Waals surface area contributed by atoms with E-state index in [1.807, 2.05) is 42.5 Å². The average Bonchev–Trinajstić information content (AvgIpc) is 3.44. The minimum Gasteiger partial charge on any atom is -0.467 e. The molecule has 3 heterocycles. The molecule has 6 heteroatoms. The lowest BCUT2D eigenvalue weighted by atomic mass is 10.2. The van der Waals surface area contributed by atoms with E-state index in [1.165, 1.54) is 0 Å². The Bertz CT molecular complexity index is 966. The number of furan rings is 2. The van der Waals surface area contributed by atoms with Crippen LogP contribution in [-0.4, -0.2) is 15.8 Å². The van der Waals surface area contributed by atoms with Gasteiger partial charge in [-0.1, -0.05) is 18.2 Å². The molecule has 1 aromatic carbocycles. The van der Waals surface area contributed by atoms with Crippen LogP contribution in [0.3, 0.4) is 0 Å². The number of hydrogen-bond donors (Lipinski definition) is 0. The maximum atomic E-state index is 13.2. The summed E-state index contributed by atoms with van der Waals surface area (Å²) in [6.07, 6.45) is 3.17. The molecular weight excluding hydrogens is 344 g/mol. The van der Waals surface area contributed by atoms with Crippen molar-refractivity contribution >= 4 is 5.91 Å². The van der Waals surface area contributed by atoms with Gasteiger partial charge >= 0.3 is 0 Å². The Hall–Kier alpha value is -3.54. The number of aromatic nitrogens is 1. The van der Waals surface area contributed by atoms with Gasteiger partial charge in [0.2, 0.25) is 5.89 Å². The van der Waals surface area contributed by atoms with Crippen LogP contribution < -0.4 is 0 Å². The highest BCUT2D eigenvalue weighted by Crippen LogP contribution is 2.23. The van der Waals surface area contributed by atoms with Crippen molar-refractivity contribution in [1.29, 1.82) is 0 Å². The van der Waals surface area contributed by atoms with Crippen molar-refractivity contribution in [1.82, 2.24) is 9.88 Å². The first-order chi connectivity index (χ1) is 13.2. The third-order valence-electron chi connectivity index (χ3n) is 4.16. The van der Waals surface area contributed by atoms with Crippen LogP contribution in [0.5, 0.6) is 0 Å². The van der Waals surface area contributed by atoms with Gasteiger partial charge < -0.3 is 18.2 Å². The maximum Gasteiger partial charge on any atom is 0.276 e. The van der Waals surface area contributed by atoms with Crippen molar-refractivity contribution in [2.45, 2.75) is 20.0 Å². The summed E-state index contributed by atoms with van der Waals surface area (Å²) < 4.78 is 16.5. The SMILES string of the molecule is Cc1oc(-c2ccccc2)nc1C(=O)N(Cc1ccco1)Cc1ccco1. The van der Waals surface area contributed by atoms with E-state index in [9.17, 15) is 4.79 Å². The van der Waals surface area contributed by atoms with Crippen molar-refractivity contribution in [3.05, 3.63) is 90.1 Å². The van der Waals surface area contributed by atoms with Gasteiger partial charge in [0.1, 0.15) is 17.3 Å². The fraction of sp³-hybridized carbons (Fsp3) is 0.143. The second-order valence-corrected chi connectivity index (χ2v) is 6.11. The first-order valence-electron chi connectivity index (χ1n) is 8.57. The van der Waals surface area contributed by atoms with Gasteiger partial charge in [0.15, 0.2) is 5.69 Å². The Morgan fingerprint density at radius 3 is 2.11 bits per heavy atom. The Kier molecular flexibility index (Phi) is 4.61. The quantitative estimate of drug-likeness (QED) is 0.498. The van der Waals surface area contributed by atoms with E-state index in [-0.39, 0.29) is 11.6 Å². The maximum absolute atomic E-state index is 13.2. The average molecular weight is 362 g/mol. The molecule has 0 N–H and O–H groups in total. The summed E-state index contributed by atoms with van der Waals surface area (Å²) in [5.74, 6) is 2.01. The normalized spacial score (nSPS) is 10.9. The molecule has 4 rings (SSSR count). The van der Waals surface area contributed by atoms with Crippen molar-refractivity contribution in [2.75, 3.05) is 0 Å². The standard InChI is InChI=1S/C21H18N2O4/c1-15-19(22-20(27-15)16-7-3-2-4-8-16)21(24)23(13-17-9-5-11-25-17)14-18-10-6-12-26-18/h2-12H,13-14H2,1H3. The summed E-state index contributed by atoms with van der Waals surface area (Å²) in [4.78, 5) is 19.2. The second kappa shape index (κ2) is 7.37. The third kappa shape index (κ3) is 3.69. The number of carbonyl (C=O) groups is 1. The zero-order valence-corrected chi connectivity index (χ0v) is 14.8. The van der Waals surface area contributed by atoms with Crippen LogP contribution >= 0.6 is 0 Å². The Morgan fingerprint density at radius 1 is 0.926 bits per heavy atom. The van der Waals surface area contributed by atoms with Gasteiger partial charge in [-0.3, -0.25) is 4.79 Å².